The van der Waals surface area contributed by atoms with Crippen LogP contribution in [0.5, 0.6) is 0 Å². The van der Waals surface area contributed by atoms with Crippen LogP contribution in [-0.2, 0) is 29.1 Å². The maximum absolute atomic E-state index is 13.0. The lowest BCUT2D eigenvalue weighted by Gasteiger charge is -2.25. The van der Waals surface area contributed by atoms with Crippen molar-refractivity contribution in [2.45, 2.75) is 19.5 Å². The maximum atomic E-state index is 13.0. The molecule has 4 heterocycles. The molecule has 39 heavy (non-hydrogen) atoms. The van der Waals surface area contributed by atoms with Crippen LogP contribution in [-0.4, -0.2) is 44.0 Å². The van der Waals surface area contributed by atoms with Crippen LogP contribution in [0.25, 0.3) is 17.4 Å². The van der Waals surface area contributed by atoms with Gasteiger partial charge in [-0.15, -0.1) is 11.3 Å². The van der Waals surface area contributed by atoms with E-state index in [2.05, 4.69) is 39.5 Å². The summed E-state index contributed by atoms with van der Waals surface area (Å²) >= 11 is 8.06. The summed E-state index contributed by atoms with van der Waals surface area (Å²) in [7, 11) is 0. The van der Waals surface area contributed by atoms with Gasteiger partial charge in [0.05, 0.1) is 10.6 Å². The molecule has 0 spiro atoms. The van der Waals surface area contributed by atoms with E-state index in [1.807, 2.05) is 48.5 Å². The van der Waals surface area contributed by atoms with Gasteiger partial charge in [-0.25, -0.2) is 4.98 Å². The van der Waals surface area contributed by atoms with Gasteiger partial charge in [-0.2, -0.15) is 0 Å². The number of hydrogen-bond donors (Lipinski definition) is 1. The molecule has 6 rings (SSSR count). The van der Waals surface area contributed by atoms with Crippen LogP contribution in [0.1, 0.15) is 21.9 Å². The molecule has 1 N–H and O–H groups in total. The van der Waals surface area contributed by atoms with Gasteiger partial charge < -0.3 is 9.73 Å². The molecule has 2 aromatic carbocycles. The second kappa shape index (κ2) is 11.3. The minimum Gasteiger partial charge on any atom is -0.457 e. The molecule has 0 atom stereocenters. The lowest BCUT2D eigenvalue weighted by Crippen LogP contribution is -2.36. The van der Waals surface area contributed by atoms with E-state index in [9.17, 15) is 9.59 Å². The molecule has 0 unspecified atom stereocenters. The molecule has 0 saturated carbocycles. The first-order chi connectivity index (χ1) is 19.0. The molecule has 2 aliphatic rings. The van der Waals surface area contributed by atoms with E-state index in [-0.39, 0.29) is 18.4 Å². The molecule has 2 aliphatic heterocycles. The Labute approximate surface area is 239 Å². The van der Waals surface area contributed by atoms with Crippen LogP contribution in [0, 0.1) is 0 Å². The molecule has 10 heteroatoms. The third kappa shape index (κ3) is 5.89. The largest absolute Gasteiger partial charge is 0.457 e. The number of hydrogen-bond acceptors (Lipinski definition) is 8. The van der Waals surface area contributed by atoms with E-state index in [1.165, 1.54) is 21.8 Å². The van der Waals surface area contributed by atoms with Gasteiger partial charge in [-0.1, -0.05) is 84.6 Å². The SMILES string of the molecule is O=C(CN1C(=O)/C(=C/c2ccc(-c3ccccc3)o2)SC1=S)Nc1nc2c(s1)CN(Cc1ccccc1)CC2. The minimum atomic E-state index is -0.329. The Balaban J connectivity index is 1.07. The number of furan rings is 1. The number of amides is 2. The molecule has 0 radical (unpaired) electrons. The lowest BCUT2D eigenvalue weighted by molar-refractivity contribution is -0.126. The average Bonchev–Trinajstić information content (AvgIpc) is 3.64. The zero-order chi connectivity index (χ0) is 26.8. The molecule has 2 aromatic heterocycles. The van der Waals surface area contributed by atoms with E-state index in [0.717, 1.165) is 54.0 Å². The highest BCUT2D eigenvalue weighted by atomic mass is 32.2. The van der Waals surface area contributed by atoms with Crippen LogP contribution >= 0.6 is 35.3 Å². The van der Waals surface area contributed by atoms with Crippen molar-refractivity contribution in [1.29, 1.82) is 0 Å². The number of nitrogens with one attached hydrogen (secondary N) is 1. The fourth-order valence-electron chi connectivity index (χ4n) is 4.53. The maximum Gasteiger partial charge on any atom is 0.266 e. The number of fused-ring (bicyclic) bond motifs is 1. The highest BCUT2D eigenvalue weighted by molar-refractivity contribution is 8.26. The van der Waals surface area contributed by atoms with Crippen molar-refractivity contribution in [3.63, 3.8) is 0 Å². The average molecular weight is 573 g/mol. The van der Waals surface area contributed by atoms with Gasteiger partial charge in [0.1, 0.15) is 22.4 Å². The van der Waals surface area contributed by atoms with Gasteiger partial charge in [-0.05, 0) is 17.7 Å². The first-order valence-electron chi connectivity index (χ1n) is 12.5. The number of thiazole rings is 1. The number of thiocarbonyl (C=S) groups is 1. The van der Waals surface area contributed by atoms with E-state index in [4.69, 9.17) is 16.6 Å². The molecule has 2 amide bonds. The number of benzene rings is 2. The predicted octanol–water partition coefficient (Wildman–Crippen LogP) is 5.80. The summed E-state index contributed by atoms with van der Waals surface area (Å²) in [4.78, 5) is 35.8. The van der Waals surface area contributed by atoms with Crippen molar-refractivity contribution in [2.24, 2.45) is 0 Å². The summed E-state index contributed by atoms with van der Waals surface area (Å²) in [6.07, 6.45) is 2.51. The van der Waals surface area contributed by atoms with Gasteiger partial charge in [-0.3, -0.25) is 19.4 Å². The Morgan fingerprint density at radius 2 is 1.85 bits per heavy atom. The van der Waals surface area contributed by atoms with Crippen LogP contribution in [0.15, 0.2) is 82.1 Å². The van der Waals surface area contributed by atoms with Crippen LogP contribution in [0.3, 0.4) is 0 Å². The number of carbonyl (C=O) groups is 2. The molecule has 0 bridgehead atoms. The molecule has 1 saturated heterocycles. The van der Waals surface area contributed by atoms with Crippen LogP contribution in [0.4, 0.5) is 5.13 Å². The monoisotopic (exact) mass is 572 g/mol. The van der Waals surface area contributed by atoms with Crippen LogP contribution in [0.2, 0.25) is 0 Å². The van der Waals surface area contributed by atoms with Crippen molar-refractivity contribution in [2.75, 3.05) is 18.4 Å². The van der Waals surface area contributed by atoms with E-state index in [0.29, 0.717) is 25.9 Å². The highest BCUT2D eigenvalue weighted by Gasteiger charge is 2.34. The Hall–Kier alpha value is -3.57. The summed E-state index contributed by atoms with van der Waals surface area (Å²) in [6, 6.07) is 23.8. The quantitative estimate of drug-likeness (QED) is 0.221. The lowest BCUT2D eigenvalue weighted by atomic mass is 10.1. The fraction of sp³-hybridized carbons (Fsp3) is 0.172. The van der Waals surface area contributed by atoms with Gasteiger partial charge in [0.25, 0.3) is 5.91 Å². The molecular formula is C29H24N4O3S3. The number of anilines is 1. The molecular weight excluding hydrogens is 549 g/mol. The highest BCUT2D eigenvalue weighted by Crippen LogP contribution is 2.34. The zero-order valence-corrected chi connectivity index (χ0v) is 23.3. The second-order valence-corrected chi connectivity index (χ2v) is 12.0. The van der Waals surface area contributed by atoms with Crippen LogP contribution < -0.4 is 5.32 Å². The Morgan fingerprint density at radius 3 is 2.64 bits per heavy atom. The summed E-state index contributed by atoms with van der Waals surface area (Å²) in [5, 5.41) is 3.42. The zero-order valence-electron chi connectivity index (χ0n) is 20.8. The molecule has 196 valence electrons. The second-order valence-electron chi connectivity index (χ2n) is 9.22. The number of thioether (sulfide) groups is 1. The Bertz CT molecular complexity index is 1560. The Kier molecular flexibility index (Phi) is 7.43. The van der Waals surface area contributed by atoms with Crippen molar-refractivity contribution < 1.29 is 14.0 Å². The molecule has 7 nitrogen and oxygen atoms in total. The van der Waals surface area contributed by atoms with Gasteiger partial charge in [0, 0.05) is 42.6 Å². The third-order valence-corrected chi connectivity index (χ3v) is 8.82. The fourth-order valence-corrected chi connectivity index (χ4v) is 6.84. The molecule has 0 aliphatic carbocycles. The summed E-state index contributed by atoms with van der Waals surface area (Å²) in [5.74, 6) is 0.622. The first kappa shape index (κ1) is 25.7. The van der Waals surface area contributed by atoms with E-state index in [1.54, 1.807) is 6.08 Å². The van der Waals surface area contributed by atoms with Crippen molar-refractivity contribution in [3.05, 3.63) is 99.6 Å². The number of nitrogens with zero attached hydrogens (tertiary/aromatic N) is 3. The van der Waals surface area contributed by atoms with Gasteiger partial charge in [0.2, 0.25) is 5.91 Å². The van der Waals surface area contributed by atoms with E-state index >= 15 is 0 Å². The summed E-state index contributed by atoms with van der Waals surface area (Å²) in [5.41, 5.74) is 3.26. The smallest absolute Gasteiger partial charge is 0.266 e. The minimum absolute atomic E-state index is 0.167. The summed E-state index contributed by atoms with van der Waals surface area (Å²) < 4.78 is 6.24. The van der Waals surface area contributed by atoms with Crippen molar-refractivity contribution in [3.8, 4) is 11.3 Å². The van der Waals surface area contributed by atoms with Crippen molar-refractivity contribution in [1.82, 2.24) is 14.8 Å². The van der Waals surface area contributed by atoms with Gasteiger partial charge in [0.15, 0.2) is 5.13 Å². The normalized spacial score (nSPS) is 16.6. The first-order valence-corrected chi connectivity index (χ1v) is 14.5. The third-order valence-electron chi connectivity index (χ3n) is 6.44. The number of rotatable bonds is 7. The van der Waals surface area contributed by atoms with E-state index < -0.39 is 0 Å². The van der Waals surface area contributed by atoms with Gasteiger partial charge >= 0.3 is 0 Å². The molecule has 1 fully saturated rings. The Morgan fingerprint density at radius 1 is 1.08 bits per heavy atom. The standard InChI is InChI=1S/C29H24N4O3S3/c34-26(31-28-30-22-13-14-32(17-25(22)38-28)16-19-7-3-1-4-8-19)18-33-27(35)24(39-29(33)37)15-21-11-12-23(36-21)20-9-5-2-6-10-20/h1-12,15H,13-14,16-18H2,(H,30,31,34)/b24-15-. The number of carbonyl (C=O) groups excluding carboxylic acids is 2. The predicted molar refractivity (Wildman–Crippen MR) is 159 cm³/mol. The molecule has 4 aromatic rings. The van der Waals surface area contributed by atoms with Crippen molar-refractivity contribution >= 4 is 62.7 Å². The topological polar surface area (TPSA) is 78.7 Å². The number of aromatic nitrogens is 1. The summed E-state index contributed by atoms with van der Waals surface area (Å²) in [6.45, 7) is 2.44.